The molecule has 0 spiro atoms. The van der Waals surface area contributed by atoms with E-state index < -0.39 is 0 Å². The molecule has 0 saturated carbocycles. The highest BCUT2D eigenvalue weighted by atomic mass is 35.5. The minimum Gasteiger partial charge on any atom is -0.376 e. The van der Waals surface area contributed by atoms with Crippen LogP contribution < -0.4 is 10.6 Å². The lowest BCUT2D eigenvalue weighted by Gasteiger charge is -2.11. The lowest BCUT2D eigenvalue weighted by molar-refractivity contribution is 0.0857. The molecule has 126 valence electrons. The summed E-state index contributed by atoms with van der Waals surface area (Å²) < 4.78 is 5.52. The molecule has 5 nitrogen and oxygen atoms in total. The number of rotatable bonds is 6. The van der Waals surface area contributed by atoms with Crippen LogP contribution in [0.5, 0.6) is 0 Å². The second kappa shape index (κ2) is 8.13. The van der Waals surface area contributed by atoms with Gasteiger partial charge in [0.25, 0.3) is 5.91 Å². The second-order valence-electron chi connectivity index (χ2n) is 5.76. The molecule has 1 atom stereocenters. The highest BCUT2D eigenvalue weighted by Crippen LogP contribution is 2.13. The Hall–Kier alpha value is -2.11. The molecule has 2 aromatic rings. The maximum absolute atomic E-state index is 12.3. The van der Waals surface area contributed by atoms with Crippen molar-refractivity contribution < 1.29 is 9.53 Å². The number of carbonyl (C=O) groups excluding carboxylic acids is 1. The molecular weight excluding hydrogens is 326 g/mol. The summed E-state index contributed by atoms with van der Waals surface area (Å²) in [6, 6.07) is 11.2. The first-order valence-corrected chi connectivity index (χ1v) is 8.43. The largest absolute Gasteiger partial charge is 0.376 e. The van der Waals surface area contributed by atoms with E-state index in [9.17, 15) is 4.79 Å². The topological polar surface area (TPSA) is 63.2 Å². The van der Waals surface area contributed by atoms with Crippen molar-refractivity contribution in [1.82, 2.24) is 10.3 Å². The first kappa shape index (κ1) is 16.7. The molecule has 1 aliphatic rings. The molecule has 3 rings (SSSR count). The van der Waals surface area contributed by atoms with Crippen LogP contribution >= 0.6 is 11.6 Å². The maximum atomic E-state index is 12.3. The van der Waals surface area contributed by atoms with Gasteiger partial charge in [-0.15, -0.1) is 0 Å². The number of hydrogen-bond donors (Lipinski definition) is 2. The number of ether oxygens (including phenoxy) is 1. The zero-order chi connectivity index (χ0) is 16.8. The molecule has 1 amide bonds. The lowest BCUT2D eigenvalue weighted by atomic mass is 10.1. The summed E-state index contributed by atoms with van der Waals surface area (Å²) in [4.78, 5) is 16.4. The van der Waals surface area contributed by atoms with E-state index >= 15 is 0 Å². The zero-order valence-electron chi connectivity index (χ0n) is 13.3. The van der Waals surface area contributed by atoms with Crippen molar-refractivity contribution in [2.24, 2.45) is 0 Å². The van der Waals surface area contributed by atoms with Gasteiger partial charge in [-0.2, -0.15) is 0 Å². The van der Waals surface area contributed by atoms with Gasteiger partial charge in [0.2, 0.25) is 0 Å². The molecule has 6 heteroatoms. The van der Waals surface area contributed by atoms with Gasteiger partial charge in [-0.3, -0.25) is 4.79 Å². The summed E-state index contributed by atoms with van der Waals surface area (Å²) in [5.41, 5.74) is 1.66. The summed E-state index contributed by atoms with van der Waals surface area (Å²) in [5, 5.41) is 6.75. The maximum Gasteiger partial charge on any atom is 0.251 e. The Kier molecular flexibility index (Phi) is 5.67. The molecule has 0 bridgehead atoms. The van der Waals surface area contributed by atoms with Crippen LogP contribution in [0, 0.1) is 0 Å². The number of anilines is 1. The standard InChI is InChI=1S/C18H20ClN3O2/c19-15-6-7-17(21-11-15)20-10-13-3-1-4-14(9-13)18(23)22-12-16-5-2-8-24-16/h1,3-4,6-7,9,11,16H,2,5,8,10,12H2,(H,20,21)(H,22,23). The van der Waals surface area contributed by atoms with Gasteiger partial charge in [0.15, 0.2) is 0 Å². The Balaban J connectivity index is 1.54. The summed E-state index contributed by atoms with van der Waals surface area (Å²) in [5.74, 6) is 0.671. The number of amides is 1. The molecule has 2 heterocycles. The SMILES string of the molecule is O=C(NCC1CCCO1)c1cccc(CNc2ccc(Cl)cn2)c1. The molecule has 1 aromatic carbocycles. The Bertz CT molecular complexity index is 685. The van der Waals surface area contributed by atoms with E-state index in [0.29, 0.717) is 23.7 Å². The Morgan fingerprint density at radius 1 is 1.33 bits per heavy atom. The summed E-state index contributed by atoms with van der Waals surface area (Å²) >= 11 is 5.82. The number of aromatic nitrogens is 1. The van der Waals surface area contributed by atoms with Crippen molar-refractivity contribution in [3.8, 4) is 0 Å². The van der Waals surface area contributed by atoms with Gasteiger partial charge in [0.1, 0.15) is 5.82 Å². The Morgan fingerprint density at radius 3 is 3.00 bits per heavy atom. The van der Waals surface area contributed by atoms with Gasteiger partial charge >= 0.3 is 0 Å². The Labute approximate surface area is 146 Å². The quantitative estimate of drug-likeness (QED) is 0.843. The predicted molar refractivity (Wildman–Crippen MR) is 94.3 cm³/mol. The van der Waals surface area contributed by atoms with E-state index in [4.69, 9.17) is 16.3 Å². The predicted octanol–water partition coefficient (Wildman–Crippen LogP) is 3.26. The third-order valence-corrected chi connectivity index (χ3v) is 4.13. The summed E-state index contributed by atoms with van der Waals surface area (Å²) in [7, 11) is 0. The van der Waals surface area contributed by atoms with Gasteiger partial charge in [0, 0.05) is 31.5 Å². The minimum atomic E-state index is -0.0723. The first-order valence-electron chi connectivity index (χ1n) is 8.05. The van der Waals surface area contributed by atoms with Crippen molar-refractivity contribution >= 4 is 23.3 Å². The van der Waals surface area contributed by atoms with Crippen molar-refractivity contribution in [2.45, 2.75) is 25.5 Å². The molecule has 1 fully saturated rings. The number of carbonyl (C=O) groups is 1. The number of hydrogen-bond acceptors (Lipinski definition) is 4. The van der Waals surface area contributed by atoms with Crippen LogP contribution in [0.4, 0.5) is 5.82 Å². The van der Waals surface area contributed by atoms with Crippen LogP contribution in [-0.4, -0.2) is 30.1 Å². The molecule has 1 aromatic heterocycles. The molecule has 1 aliphatic heterocycles. The normalized spacial score (nSPS) is 16.8. The highest BCUT2D eigenvalue weighted by Gasteiger charge is 2.16. The van der Waals surface area contributed by atoms with Crippen molar-refractivity contribution in [3.63, 3.8) is 0 Å². The van der Waals surface area contributed by atoms with Crippen molar-refractivity contribution in [2.75, 3.05) is 18.5 Å². The molecular formula is C18H20ClN3O2. The average molecular weight is 346 g/mol. The molecule has 24 heavy (non-hydrogen) atoms. The third kappa shape index (κ3) is 4.69. The molecule has 0 aliphatic carbocycles. The van der Waals surface area contributed by atoms with E-state index in [2.05, 4.69) is 15.6 Å². The lowest BCUT2D eigenvalue weighted by Crippen LogP contribution is -2.31. The molecule has 1 saturated heterocycles. The number of nitrogens with zero attached hydrogens (tertiary/aromatic N) is 1. The fourth-order valence-electron chi connectivity index (χ4n) is 2.61. The fourth-order valence-corrected chi connectivity index (χ4v) is 2.72. The summed E-state index contributed by atoms with van der Waals surface area (Å²) in [6.07, 6.45) is 3.83. The van der Waals surface area contributed by atoms with E-state index in [0.717, 1.165) is 30.8 Å². The van der Waals surface area contributed by atoms with E-state index in [1.54, 1.807) is 12.3 Å². The number of nitrogens with one attached hydrogen (secondary N) is 2. The molecule has 2 N–H and O–H groups in total. The zero-order valence-corrected chi connectivity index (χ0v) is 14.1. The average Bonchev–Trinajstić information content (AvgIpc) is 3.13. The van der Waals surface area contributed by atoms with Gasteiger partial charge < -0.3 is 15.4 Å². The minimum absolute atomic E-state index is 0.0723. The highest BCUT2D eigenvalue weighted by molar-refractivity contribution is 6.30. The first-order chi connectivity index (χ1) is 11.7. The number of pyridine rings is 1. The van der Waals surface area contributed by atoms with E-state index in [-0.39, 0.29) is 12.0 Å². The fraction of sp³-hybridized carbons (Fsp3) is 0.333. The smallest absolute Gasteiger partial charge is 0.251 e. The summed E-state index contributed by atoms with van der Waals surface area (Å²) in [6.45, 7) is 1.94. The van der Waals surface area contributed by atoms with Gasteiger partial charge in [-0.1, -0.05) is 23.7 Å². The van der Waals surface area contributed by atoms with Crippen LogP contribution in [0.2, 0.25) is 5.02 Å². The molecule has 0 radical (unpaired) electrons. The molecule has 1 unspecified atom stereocenters. The third-order valence-electron chi connectivity index (χ3n) is 3.90. The Morgan fingerprint density at radius 2 is 2.25 bits per heavy atom. The van der Waals surface area contributed by atoms with Crippen LogP contribution in [-0.2, 0) is 11.3 Å². The van der Waals surface area contributed by atoms with Crippen LogP contribution in [0.25, 0.3) is 0 Å². The van der Waals surface area contributed by atoms with Crippen LogP contribution in [0.3, 0.4) is 0 Å². The van der Waals surface area contributed by atoms with E-state index in [1.165, 1.54) is 0 Å². The van der Waals surface area contributed by atoms with E-state index in [1.807, 2.05) is 30.3 Å². The monoisotopic (exact) mass is 345 g/mol. The number of halogens is 1. The van der Waals surface area contributed by atoms with Crippen LogP contribution in [0.15, 0.2) is 42.6 Å². The van der Waals surface area contributed by atoms with Crippen LogP contribution in [0.1, 0.15) is 28.8 Å². The van der Waals surface area contributed by atoms with Gasteiger partial charge in [-0.05, 0) is 42.7 Å². The second-order valence-corrected chi connectivity index (χ2v) is 6.20. The van der Waals surface area contributed by atoms with Crippen molar-refractivity contribution in [1.29, 1.82) is 0 Å². The van der Waals surface area contributed by atoms with Gasteiger partial charge in [-0.25, -0.2) is 4.98 Å². The van der Waals surface area contributed by atoms with Crippen molar-refractivity contribution in [3.05, 3.63) is 58.7 Å². The van der Waals surface area contributed by atoms with Gasteiger partial charge in [0.05, 0.1) is 11.1 Å². The number of benzene rings is 1.